The zero-order valence-electron chi connectivity index (χ0n) is 19.7. The summed E-state index contributed by atoms with van der Waals surface area (Å²) in [6.45, 7) is 6.80. The van der Waals surface area contributed by atoms with Crippen LogP contribution in [0.1, 0.15) is 23.6 Å². The lowest BCUT2D eigenvalue weighted by atomic mass is 10.1. The van der Waals surface area contributed by atoms with Gasteiger partial charge in [-0.1, -0.05) is 17.7 Å². The maximum Gasteiger partial charge on any atom is 0.339 e. The topological polar surface area (TPSA) is 128 Å². The van der Waals surface area contributed by atoms with Crippen LogP contribution in [0.5, 0.6) is 11.5 Å². The van der Waals surface area contributed by atoms with Gasteiger partial charge in [0.2, 0.25) is 0 Å². The predicted octanol–water partition coefficient (Wildman–Crippen LogP) is 4.75. The number of nitrogens with one attached hydrogen (secondary N) is 2. The number of urea groups is 1. The van der Waals surface area contributed by atoms with Gasteiger partial charge in [-0.15, -0.1) is 0 Å². The quantitative estimate of drug-likeness (QED) is 0.412. The highest BCUT2D eigenvalue weighted by atomic mass is 32.2. The number of anilines is 2. The maximum atomic E-state index is 12.8. The first kappa shape index (κ1) is 26.0. The molecule has 0 radical (unpaired) electrons. The number of carbonyl (C=O) groups excluding carboxylic acids is 1. The van der Waals surface area contributed by atoms with Crippen molar-refractivity contribution in [2.45, 2.75) is 32.6 Å². The Morgan fingerprint density at radius 3 is 1.60 bits per heavy atom. The molecule has 35 heavy (non-hydrogen) atoms. The molecule has 0 heterocycles. The normalized spacial score (nSPS) is 11.5. The van der Waals surface area contributed by atoms with Crippen molar-refractivity contribution in [1.82, 2.24) is 0 Å². The molecular formula is C24H26N2O7S2. The third kappa shape index (κ3) is 6.96. The zero-order chi connectivity index (χ0) is 25.8. The minimum atomic E-state index is -4.03. The van der Waals surface area contributed by atoms with Gasteiger partial charge in [-0.05, 0) is 87.4 Å². The van der Waals surface area contributed by atoms with Gasteiger partial charge in [0.1, 0.15) is 16.4 Å². The molecule has 0 aromatic heterocycles. The summed E-state index contributed by atoms with van der Waals surface area (Å²) in [6, 6.07) is 14.7. The summed E-state index contributed by atoms with van der Waals surface area (Å²) in [5.74, 6) is 0.0865. The third-order valence-corrected chi connectivity index (χ3v) is 7.57. The molecule has 0 unspecified atom stereocenters. The molecular weight excluding hydrogens is 492 g/mol. The van der Waals surface area contributed by atoms with Crippen molar-refractivity contribution in [2.24, 2.45) is 0 Å². The van der Waals surface area contributed by atoms with Gasteiger partial charge >= 0.3 is 26.3 Å². The van der Waals surface area contributed by atoms with E-state index in [1.165, 1.54) is 55.5 Å². The molecule has 2 N–H and O–H groups in total. The SMILES string of the molecule is CCS(=O)(=O)Oc1ccc(NC(=O)Nc2ccc(OS(=O)(=O)c3c(C)cc(C)cc3C)cc2)cc1. The Bertz CT molecular complexity index is 1410. The number of carbonyl (C=O) groups is 1. The van der Waals surface area contributed by atoms with Crippen LogP contribution in [0.3, 0.4) is 0 Å². The second-order valence-electron chi connectivity index (χ2n) is 7.82. The first-order chi connectivity index (χ1) is 16.4. The molecule has 3 aromatic rings. The number of hydrogen-bond acceptors (Lipinski definition) is 7. The number of amides is 2. The van der Waals surface area contributed by atoms with E-state index in [9.17, 15) is 21.6 Å². The van der Waals surface area contributed by atoms with Gasteiger partial charge < -0.3 is 19.0 Å². The molecule has 3 rings (SSSR count). The Hall–Kier alpha value is -3.57. The van der Waals surface area contributed by atoms with E-state index in [0.717, 1.165) is 5.56 Å². The fourth-order valence-corrected chi connectivity index (χ4v) is 5.29. The van der Waals surface area contributed by atoms with Crippen LogP contribution in [-0.2, 0) is 20.2 Å². The van der Waals surface area contributed by atoms with Crippen molar-refractivity contribution in [3.8, 4) is 11.5 Å². The minimum Gasteiger partial charge on any atom is -0.382 e. The van der Waals surface area contributed by atoms with Gasteiger partial charge in [0.15, 0.2) is 0 Å². The summed E-state index contributed by atoms with van der Waals surface area (Å²) in [6.07, 6.45) is 0. The largest absolute Gasteiger partial charge is 0.382 e. The lowest BCUT2D eigenvalue weighted by Crippen LogP contribution is -2.19. The molecule has 186 valence electrons. The van der Waals surface area contributed by atoms with E-state index in [1.54, 1.807) is 26.0 Å². The van der Waals surface area contributed by atoms with E-state index >= 15 is 0 Å². The first-order valence-electron chi connectivity index (χ1n) is 10.6. The highest BCUT2D eigenvalue weighted by Crippen LogP contribution is 2.26. The Morgan fingerprint density at radius 2 is 1.17 bits per heavy atom. The number of benzene rings is 3. The molecule has 0 saturated heterocycles. The van der Waals surface area contributed by atoms with Crippen LogP contribution in [0, 0.1) is 20.8 Å². The average molecular weight is 519 g/mol. The predicted molar refractivity (Wildman–Crippen MR) is 134 cm³/mol. The third-order valence-electron chi connectivity index (χ3n) is 4.86. The van der Waals surface area contributed by atoms with Gasteiger partial charge in [-0.3, -0.25) is 0 Å². The molecule has 0 bridgehead atoms. The van der Waals surface area contributed by atoms with E-state index < -0.39 is 26.3 Å². The van der Waals surface area contributed by atoms with Crippen LogP contribution in [-0.4, -0.2) is 28.6 Å². The second-order valence-corrected chi connectivity index (χ2v) is 11.2. The molecule has 9 nitrogen and oxygen atoms in total. The molecule has 11 heteroatoms. The fourth-order valence-electron chi connectivity index (χ4n) is 3.42. The molecule has 0 aliphatic carbocycles. The van der Waals surface area contributed by atoms with E-state index in [2.05, 4.69) is 10.6 Å². The van der Waals surface area contributed by atoms with Crippen LogP contribution in [0.15, 0.2) is 65.6 Å². The van der Waals surface area contributed by atoms with E-state index in [1.807, 2.05) is 6.92 Å². The van der Waals surface area contributed by atoms with Crippen molar-refractivity contribution < 1.29 is 30.0 Å². The van der Waals surface area contributed by atoms with Crippen molar-refractivity contribution >= 4 is 37.6 Å². The monoisotopic (exact) mass is 518 g/mol. The van der Waals surface area contributed by atoms with Crippen LogP contribution >= 0.6 is 0 Å². The lowest BCUT2D eigenvalue weighted by Gasteiger charge is -2.13. The Kier molecular flexibility index (Phi) is 7.71. The van der Waals surface area contributed by atoms with Crippen LogP contribution in [0.2, 0.25) is 0 Å². The molecule has 0 atom stereocenters. The summed E-state index contributed by atoms with van der Waals surface area (Å²) in [5.41, 5.74) is 2.98. The molecule has 3 aromatic carbocycles. The van der Waals surface area contributed by atoms with E-state index in [4.69, 9.17) is 8.37 Å². The van der Waals surface area contributed by atoms with Gasteiger partial charge in [0, 0.05) is 11.4 Å². The van der Waals surface area contributed by atoms with Crippen molar-refractivity contribution in [1.29, 1.82) is 0 Å². The molecule has 0 spiro atoms. The molecule has 0 saturated carbocycles. The Morgan fingerprint density at radius 1 is 0.743 bits per heavy atom. The van der Waals surface area contributed by atoms with Crippen LogP contribution in [0.4, 0.5) is 16.2 Å². The van der Waals surface area contributed by atoms with Gasteiger partial charge in [-0.25, -0.2) is 4.79 Å². The van der Waals surface area contributed by atoms with Crippen LogP contribution < -0.4 is 19.0 Å². The van der Waals surface area contributed by atoms with Crippen molar-refractivity contribution in [2.75, 3.05) is 16.4 Å². The Labute approximate surface area is 205 Å². The zero-order valence-corrected chi connectivity index (χ0v) is 21.3. The second kappa shape index (κ2) is 10.4. The number of hydrogen-bond donors (Lipinski definition) is 2. The lowest BCUT2D eigenvalue weighted by molar-refractivity contribution is 0.262. The highest BCUT2D eigenvalue weighted by molar-refractivity contribution is 7.87. The molecule has 0 fully saturated rings. The van der Waals surface area contributed by atoms with Crippen molar-refractivity contribution in [3.05, 3.63) is 77.4 Å². The van der Waals surface area contributed by atoms with E-state index in [0.29, 0.717) is 22.5 Å². The molecule has 2 amide bonds. The molecule has 0 aliphatic rings. The summed E-state index contributed by atoms with van der Waals surface area (Å²) in [4.78, 5) is 12.4. The van der Waals surface area contributed by atoms with Crippen molar-refractivity contribution in [3.63, 3.8) is 0 Å². The summed E-state index contributed by atoms with van der Waals surface area (Å²) in [7, 11) is -7.67. The standard InChI is InChI=1S/C24H26N2O7S2/c1-5-34(28,29)32-21-10-6-19(7-11-21)25-24(27)26-20-8-12-22(13-9-20)33-35(30,31)23-17(3)14-16(2)15-18(23)4/h6-15H,5H2,1-4H3,(H2,25,26,27). The van der Waals surface area contributed by atoms with Crippen LogP contribution in [0.25, 0.3) is 0 Å². The van der Waals surface area contributed by atoms with E-state index in [-0.39, 0.29) is 22.1 Å². The van der Waals surface area contributed by atoms with Gasteiger partial charge in [0.05, 0.1) is 5.75 Å². The van der Waals surface area contributed by atoms with Gasteiger partial charge in [0.25, 0.3) is 0 Å². The summed E-state index contributed by atoms with van der Waals surface area (Å²) >= 11 is 0. The Balaban J connectivity index is 1.62. The summed E-state index contributed by atoms with van der Waals surface area (Å²) < 4.78 is 58.8. The minimum absolute atomic E-state index is 0.105. The fraction of sp³-hybridized carbons (Fsp3) is 0.208. The number of aryl methyl sites for hydroxylation is 3. The molecule has 0 aliphatic heterocycles. The first-order valence-corrected chi connectivity index (χ1v) is 13.6. The summed E-state index contributed by atoms with van der Waals surface area (Å²) in [5, 5.41) is 5.22. The maximum absolute atomic E-state index is 12.8. The van der Waals surface area contributed by atoms with Gasteiger partial charge in [-0.2, -0.15) is 16.8 Å². The highest BCUT2D eigenvalue weighted by Gasteiger charge is 2.22. The number of rotatable bonds is 8. The smallest absolute Gasteiger partial charge is 0.339 e. The average Bonchev–Trinajstić information content (AvgIpc) is 2.75.